The smallest absolute Gasteiger partial charge is 0.323 e. The molecule has 11 nitrogen and oxygen atoms in total. The Morgan fingerprint density at radius 1 is 1.16 bits per heavy atom. The number of carboxylic acid groups (broad SMARTS) is 2. The predicted molar refractivity (Wildman–Crippen MR) is 57.7 cm³/mol. The van der Waals surface area contributed by atoms with Crippen LogP contribution >= 0.6 is 0 Å². The number of urea groups is 2. The summed E-state index contributed by atoms with van der Waals surface area (Å²) < 4.78 is 0. The molecule has 5 amide bonds. The number of rotatable bonds is 4. The Kier molecular flexibility index (Phi) is 6.35. The van der Waals surface area contributed by atoms with Crippen LogP contribution in [0.15, 0.2) is 0 Å². The van der Waals surface area contributed by atoms with Crippen molar-refractivity contribution in [1.29, 1.82) is 0 Å². The lowest BCUT2D eigenvalue weighted by Crippen LogP contribution is -2.48. The number of primary amides is 1. The molecule has 0 aromatic rings. The van der Waals surface area contributed by atoms with Crippen molar-refractivity contribution in [3.8, 4) is 0 Å². The molecule has 0 aliphatic carbocycles. The zero-order valence-corrected chi connectivity index (χ0v) is 9.50. The Bertz CT molecular complexity index is 394. The number of hydrogen-bond acceptors (Lipinski definition) is 5. The van der Waals surface area contributed by atoms with Crippen molar-refractivity contribution in [3.63, 3.8) is 0 Å². The van der Waals surface area contributed by atoms with Crippen molar-refractivity contribution in [3.05, 3.63) is 0 Å². The summed E-state index contributed by atoms with van der Waals surface area (Å²) in [4.78, 5) is 50.5. The van der Waals surface area contributed by atoms with Crippen molar-refractivity contribution in [2.24, 2.45) is 5.73 Å². The van der Waals surface area contributed by atoms with Gasteiger partial charge in [0.2, 0.25) is 0 Å². The van der Waals surface area contributed by atoms with E-state index in [2.05, 4.69) is 5.32 Å². The Morgan fingerprint density at radius 2 is 1.63 bits per heavy atom. The second kappa shape index (κ2) is 7.47. The van der Waals surface area contributed by atoms with Gasteiger partial charge in [0.25, 0.3) is 5.91 Å². The van der Waals surface area contributed by atoms with Crippen LogP contribution in [0.2, 0.25) is 0 Å². The maximum atomic E-state index is 10.7. The number of aliphatic carboxylic acids is 2. The fourth-order valence-electron chi connectivity index (χ4n) is 0.875. The number of nitrogens with one attached hydrogen (secondary N) is 3. The van der Waals surface area contributed by atoms with E-state index in [1.54, 1.807) is 0 Å². The van der Waals surface area contributed by atoms with E-state index in [4.69, 9.17) is 15.9 Å². The molecule has 0 spiro atoms. The highest BCUT2D eigenvalue weighted by Gasteiger charge is 2.29. The molecule has 0 bridgehead atoms. The van der Waals surface area contributed by atoms with Gasteiger partial charge in [-0.1, -0.05) is 0 Å². The van der Waals surface area contributed by atoms with Crippen molar-refractivity contribution >= 4 is 29.9 Å². The first kappa shape index (κ1) is 16.1. The quantitative estimate of drug-likeness (QED) is 0.313. The van der Waals surface area contributed by atoms with E-state index in [0.29, 0.717) is 0 Å². The summed E-state index contributed by atoms with van der Waals surface area (Å²) in [5.74, 6) is -2.77. The lowest BCUT2D eigenvalue weighted by molar-refractivity contribution is -0.143. The molecule has 19 heavy (non-hydrogen) atoms. The SMILES string of the molecule is NC(=O)NC1NC(=O)NC1=O.O=C(O)CCC(=O)O. The van der Waals surface area contributed by atoms with Gasteiger partial charge in [0, 0.05) is 0 Å². The molecule has 1 rings (SSSR count). The maximum Gasteiger partial charge on any atom is 0.323 e. The Hall–Kier alpha value is -2.85. The molecule has 1 fully saturated rings. The summed E-state index contributed by atoms with van der Waals surface area (Å²) in [6, 6.07) is -1.51. The second-order valence-electron chi connectivity index (χ2n) is 3.19. The van der Waals surface area contributed by atoms with Crippen LogP contribution in [0.3, 0.4) is 0 Å². The number of carboxylic acids is 2. The fourth-order valence-corrected chi connectivity index (χ4v) is 0.875. The topological polar surface area (TPSA) is 188 Å². The number of hydrogen-bond donors (Lipinski definition) is 6. The Labute approximate surface area is 106 Å². The fraction of sp³-hybridized carbons (Fsp3) is 0.375. The van der Waals surface area contributed by atoms with Crippen molar-refractivity contribution < 1.29 is 34.2 Å². The predicted octanol–water partition coefficient (Wildman–Crippen LogP) is -2.24. The molecular weight excluding hydrogens is 264 g/mol. The van der Waals surface area contributed by atoms with E-state index in [9.17, 15) is 24.0 Å². The lowest BCUT2D eigenvalue weighted by atomic mass is 10.3. The maximum absolute atomic E-state index is 10.7. The van der Waals surface area contributed by atoms with Crippen LogP contribution in [0, 0.1) is 0 Å². The summed E-state index contributed by atoms with van der Waals surface area (Å²) in [7, 11) is 0. The van der Waals surface area contributed by atoms with Crippen LogP contribution in [-0.2, 0) is 14.4 Å². The molecule has 1 aliphatic rings. The van der Waals surface area contributed by atoms with E-state index >= 15 is 0 Å². The van der Waals surface area contributed by atoms with Crippen molar-refractivity contribution in [2.75, 3.05) is 0 Å². The van der Waals surface area contributed by atoms with Gasteiger partial charge < -0.3 is 26.6 Å². The van der Waals surface area contributed by atoms with Gasteiger partial charge in [0.15, 0.2) is 6.17 Å². The highest BCUT2D eigenvalue weighted by Crippen LogP contribution is 1.87. The van der Waals surface area contributed by atoms with Crippen LogP contribution in [0.4, 0.5) is 9.59 Å². The highest BCUT2D eigenvalue weighted by atomic mass is 16.4. The zero-order chi connectivity index (χ0) is 15.0. The molecular formula is C8H12N4O7. The molecule has 1 atom stereocenters. The van der Waals surface area contributed by atoms with E-state index in [-0.39, 0.29) is 12.8 Å². The zero-order valence-electron chi connectivity index (χ0n) is 9.50. The Balaban J connectivity index is 0.000000362. The summed E-state index contributed by atoms with van der Waals surface area (Å²) in [5, 5.41) is 21.9. The Morgan fingerprint density at radius 3 is 1.89 bits per heavy atom. The third kappa shape index (κ3) is 7.95. The standard InChI is InChI=1S/C4H6N4O3.C4H6O4/c5-3(10)6-1-2(9)8-4(11)7-1;5-3(6)1-2-4(7)8/h1H,(H3,5,6,10)(H2,7,8,9,11);1-2H2,(H,5,6)(H,7,8). The first-order valence-electron chi connectivity index (χ1n) is 4.83. The van der Waals surface area contributed by atoms with Gasteiger partial charge in [0.1, 0.15) is 0 Å². The third-order valence-electron chi connectivity index (χ3n) is 1.61. The molecule has 7 N–H and O–H groups in total. The normalized spacial score (nSPS) is 16.5. The summed E-state index contributed by atoms with van der Waals surface area (Å²) >= 11 is 0. The van der Waals surface area contributed by atoms with Gasteiger partial charge in [-0.25, -0.2) is 9.59 Å². The second-order valence-corrected chi connectivity index (χ2v) is 3.19. The number of amides is 5. The van der Waals surface area contributed by atoms with E-state index in [1.807, 2.05) is 10.6 Å². The van der Waals surface area contributed by atoms with Gasteiger partial charge in [-0.3, -0.25) is 19.7 Å². The average molecular weight is 276 g/mol. The monoisotopic (exact) mass is 276 g/mol. The van der Waals surface area contributed by atoms with E-state index in [1.165, 1.54) is 0 Å². The van der Waals surface area contributed by atoms with Gasteiger partial charge in [-0.2, -0.15) is 0 Å². The van der Waals surface area contributed by atoms with Crippen LogP contribution < -0.4 is 21.7 Å². The van der Waals surface area contributed by atoms with Gasteiger partial charge in [0.05, 0.1) is 12.8 Å². The molecule has 11 heteroatoms. The molecule has 0 aromatic heterocycles. The molecule has 1 unspecified atom stereocenters. The highest BCUT2D eigenvalue weighted by molar-refractivity contribution is 6.05. The molecule has 1 saturated heterocycles. The number of carbonyl (C=O) groups excluding carboxylic acids is 3. The van der Waals surface area contributed by atoms with Gasteiger partial charge in [-0.15, -0.1) is 0 Å². The lowest BCUT2D eigenvalue weighted by Gasteiger charge is -2.05. The molecule has 0 aromatic carbocycles. The van der Waals surface area contributed by atoms with Crippen molar-refractivity contribution in [1.82, 2.24) is 16.0 Å². The third-order valence-corrected chi connectivity index (χ3v) is 1.61. The number of imide groups is 1. The first-order valence-corrected chi connectivity index (χ1v) is 4.83. The largest absolute Gasteiger partial charge is 0.481 e. The van der Waals surface area contributed by atoms with Crippen molar-refractivity contribution in [2.45, 2.75) is 19.0 Å². The van der Waals surface area contributed by atoms with Gasteiger partial charge in [-0.05, 0) is 0 Å². The summed E-state index contributed by atoms with van der Waals surface area (Å²) in [5.41, 5.74) is 4.70. The minimum atomic E-state index is -1.08. The summed E-state index contributed by atoms with van der Waals surface area (Å²) in [6.45, 7) is 0. The molecule has 0 radical (unpaired) electrons. The molecule has 0 saturated carbocycles. The first-order chi connectivity index (χ1) is 8.72. The van der Waals surface area contributed by atoms with Crippen LogP contribution in [0.1, 0.15) is 12.8 Å². The molecule has 106 valence electrons. The molecule has 1 heterocycles. The number of carbonyl (C=O) groups is 5. The summed E-state index contributed by atoms with van der Waals surface area (Å²) in [6.07, 6.45) is -1.63. The van der Waals surface area contributed by atoms with Crippen LogP contribution in [0.5, 0.6) is 0 Å². The number of nitrogens with two attached hydrogens (primary N) is 1. The average Bonchev–Trinajstić information content (AvgIpc) is 2.54. The van der Waals surface area contributed by atoms with E-state index in [0.717, 1.165) is 0 Å². The van der Waals surface area contributed by atoms with Gasteiger partial charge >= 0.3 is 24.0 Å². The van der Waals surface area contributed by atoms with Crippen LogP contribution in [-0.4, -0.2) is 46.3 Å². The minimum Gasteiger partial charge on any atom is -0.481 e. The van der Waals surface area contributed by atoms with E-state index < -0.39 is 36.1 Å². The minimum absolute atomic E-state index is 0.296. The van der Waals surface area contributed by atoms with Crippen LogP contribution in [0.25, 0.3) is 0 Å². The molecule has 1 aliphatic heterocycles.